The van der Waals surface area contributed by atoms with E-state index < -0.39 is 0 Å². The van der Waals surface area contributed by atoms with Gasteiger partial charge in [-0.05, 0) is 5.92 Å². The Balaban J connectivity index is 2.61. The molecule has 0 aromatic carbocycles. The van der Waals surface area contributed by atoms with Crippen molar-refractivity contribution in [3.05, 3.63) is 12.2 Å². The topological polar surface area (TPSA) is 56.7 Å². The van der Waals surface area contributed by atoms with Crippen molar-refractivity contribution in [1.29, 1.82) is 0 Å². The van der Waals surface area contributed by atoms with E-state index >= 15 is 0 Å². The fraction of sp³-hybridized carbons (Fsp3) is 0.778. The van der Waals surface area contributed by atoms with Crippen molar-refractivity contribution < 1.29 is 0 Å². The van der Waals surface area contributed by atoms with Crippen molar-refractivity contribution in [2.45, 2.75) is 39.8 Å². The van der Waals surface area contributed by atoms with Gasteiger partial charge in [0, 0.05) is 6.54 Å². The molecule has 1 aromatic rings. The van der Waals surface area contributed by atoms with Crippen LogP contribution in [0.3, 0.4) is 0 Å². The van der Waals surface area contributed by atoms with Gasteiger partial charge in [0.25, 0.3) is 0 Å². The van der Waals surface area contributed by atoms with E-state index in [0.717, 1.165) is 12.4 Å². The average molecular weight is 182 g/mol. The van der Waals surface area contributed by atoms with Gasteiger partial charge in [-0.3, -0.25) is 0 Å². The summed E-state index contributed by atoms with van der Waals surface area (Å²) in [6.45, 7) is 5.82. The molecule has 0 atom stereocenters. The monoisotopic (exact) mass is 182 g/mol. The summed E-state index contributed by atoms with van der Waals surface area (Å²) in [7, 11) is 0. The van der Waals surface area contributed by atoms with Gasteiger partial charge in [0.2, 0.25) is 0 Å². The van der Waals surface area contributed by atoms with Gasteiger partial charge >= 0.3 is 0 Å². The second-order valence-electron chi connectivity index (χ2n) is 3.25. The Morgan fingerprint density at radius 3 is 2.69 bits per heavy atom. The van der Waals surface area contributed by atoms with E-state index in [1.165, 1.54) is 12.8 Å². The molecule has 74 valence electrons. The van der Waals surface area contributed by atoms with E-state index in [1.807, 2.05) is 4.68 Å². The lowest BCUT2D eigenvalue weighted by atomic mass is 10.0. The third-order valence-corrected chi connectivity index (χ3v) is 2.46. The highest BCUT2D eigenvalue weighted by Gasteiger charge is 2.08. The fourth-order valence-corrected chi connectivity index (χ4v) is 1.39. The second-order valence-corrected chi connectivity index (χ2v) is 3.25. The zero-order valence-corrected chi connectivity index (χ0v) is 8.40. The molecule has 1 aromatic heterocycles. The summed E-state index contributed by atoms with van der Waals surface area (Å²) < 4.78 is 1.91. The van der Waals surface area contributed by atoms with Crippen LogP contribution in [-0.2, 0) is 13.1 Å². The van der Waals surface area contributed by atoms with Crippen LogP contribution in [-0.4, -0.2) is 14.8 Å². The highest BCUT2D eigenvalue weighted by atomic mass is 15.3. The molecule has 1 rings (SSSR count). The first-order valence-corrected chi connectivity index (χ1v) is 4.88. The van der Waals surface area contributed by atoms with Crippen LogP contribution >= 0.6 is 0 Å². The molecule has 4 heteroatoms. The Bertz CT molecular complexity index is 240. The van der Waals surface area contributed by atoms with Gasteiger partial charge < -0.3 is 5.73 Å². The van der Waals surface area contributed by atoms with Crippen molar-refractivity contribution >= 4 is 0 Å². The lowest BCUT2D eigenvalue weighted by Gasteiger charge is -2.12. The molecule has 2 N–H and O–H groups in total. The SMILES string of the molecule is CCC(CC)Cn1ncnc1CN. The molecule has 0 bridgehead atoms. The van der Waals surface area contributed by atoms with E-state index in [9.17, 15) is 0 Å². The summed E-state index contributed by atoms with van der Waals surface area (Å²) in [5.74, 6) is 1.57. The molecule has 0 unspecified atom stereocenters. The number of nitrogens with zero attached hydrogens (tertiary/aromatic N) is 3. The van der Waals surface area contributed by atoms with Crippen LogP contribution in [0.15, 0.2) is 6.33 Å². The summed E-state index contributed by atoms with van der Waals surface area (Å²) in [6, 6.07) is 0. The minimum Gasteiger partial charge on any atom is -0.324 e. The van der Waals surface area contributed by atoms with Crippen LogP contribution in [0.25, 0.3) is 0 Å². The summed E-state index contributed by atoms with van der Waals surface area (Å²) in [5, 5.41) is 4.15. The van der Waals surface area contributed by atoms with Crippen LogP contribution in [0.2, 0.25) is 0 Å². The minimum atomic E-state index is 0.472. The maximum absolute atomic E-state index is 5.53. The van der Waals surface area contributed by atoms with Crippen molar-refractivity contribution in [2.24, 2.45) is 11.7 Å². The van der Waals surface area contributed by atoms with Gasteiger partial charge in [-0.2, -0.15) is 5.10 Å². The molecule has 0 aliphatic rings. The Hall–Kier alpha value is -0.900. The van der Waals surface area contributed by atoms with E-state index in [-0.39, 0.29) is 0 Å². The van der Waals surface area contributed by atoms with Gasteiger partial charge in [-0.1, -0.05) is 26.7 Å². The number of nitrogens with two attached hydrogens (primary N) is 1. The molecule has 13 heavy (non-hydrogen) atoms. The standard InChI is InChI=1S/C9H18N4/c1-3-8(4-2)6-13-9(5-10)11-7-12-13/h7-8H,3-6,10H2,1-2H3. The van der Waals surface area contributed by atoms with Crippen molar-refractivity contribution in [2.75, 3.05) is 0 Å². The third-order valence-electron chi connectivity index (χ3n) is 2.46. The molecule has 4 nitrogen and oxygen atoms in total. The van der Waals surface area contributed by atoms with E-state index in [4.69, 9.17) is 5.73 Å². The van der Waals surface area contributed by atoms with Gasteiger partial charge in [0.1, 0.15) is 12.2 Å². The smallest absolute Gasteiger partial charge is 0.140 e. The van der Waals surface area contributed by atoms with Crippen LogP contribution in [0.1, 0.15) is 32.5 Å². The van der Waals surface area contributed by atoms with Gasteiger partial charge in [-0.25, -0.2) is 9.67 Å². The molecular weight excluding hydrogens is 164 g/mol. The largest absolute Gasteiger partial charge is 0.324 e. The highest BCUT2D eigenvalue weighted by Crippen LogP contribution is 2.10. The molecule has 0 aliphatic heterocycles. The third kappa shape index (κ3) is 2.52. The molecule has 0 amide bonds. The lowest BCUT2D eigenvalue weighted by Crippen LogP contribution is -2.15. The summed E-state index contributed by atoms with van der Waals surface area (Å²) in [4.78, 5) is 4.08. The van der Waals surface area contributed by atoms with E-state index in [0.29, 0.717) is 12.5 Å². The summed E-state index contributed by atoms with van der Waals surface area (Å²) in [6.07, 6.45) is 3.94. The lowest BCUT2D eigenvalue weighted by molar-refractivity contribution is 0.387. The van der Waals surface area contributed by atoms with Gasteiger partial charge in [0.05, 0.1) is 6.54 Å². The van der Waals surface area contributed by atoms with Crippen LogP contribution < -0.4 is 5.73 Å². The maximum atomic E-state index is 5.53. The zero-order chi connectivity index (χ0) is 9.68. The fourth-order valence-electron chi connectivity index (χ4n) is 1.39. The van der Waals surface area contributed by atoms with Crippen molar-refractivity contribution in [1.82, 2.24) is 14.8 Å². The highest BCUT2D eigenvalue weighted by molar-refractivity contribution is 4.82. The second kappa shape index (κ2) is 4.97. The Morgan fingerprint density at radius 2 is 2.15 bits per heavy atom. The van der Waals surface area contributed by atoms with Crippen LogP contribution in [0.5, 0.6) is 0 Å². The first kappa shape index (κ1) is 10.2. The number of hydrogen-bond donors (Lipinski definition) is 1. The Morgan fingerprint density at radius 1 is 1.46 bits per heavy atom. The number of rotatable bonds is 5. The van der Waals surface area contributed by atoms with Crippen LogP contribution in [0.4, 0.5) is 0 Å². The normalized spacial score (nSPS) is 11.1. The zero-order valence-electron chi connectivity index (χ0n) is 8.40. The average Bonchev–Trinajstić information content (AvgIpc) is 2.61. The van der Waals surface area contributed by atoms with Crippen LogP contribution in [0, 0.1) is 5.92 Å². The summed E-state index contributed by atoms with van der Waals surface area (Å²) >= 11 is 0. The van der Waals surface area contributed by atoms with E-state index in [2.05, 4.69) is 23.9 Å². The predicted molar refractivity (Wildman–Crippen MR) is 52.0 cm³/mol. The maximum Gasteiger partial charge on any atom is 0.140 e. The number of hydrogen-bond acceptors (Lipinski definition) is 3. The molecule has 0 saturated heterocycles. The van der Waals surface area contributed by atoms with Crippen molar-refractivity contribution in [3.8, 4) is 0 Å². The quantitative estimate of drug-likeness (QED) is 0.743. The Labute approximate surface area is 79.2 Å². The Kier molecular flexibility index (Phi) is 3.89. The summed E-state index contributed by atoms with van der Waals surface area (Å²) in [5.41, 5.74) is 5.53. The van der Waals surface area contributed by atoms with Gasteiger partial charge in [0.15, 0.2) is 0 Å². The first-order chi connectivity index (χ1) is 6.31. The predicted octanol–water partition coefficient (Wildman–Crippen LogP) is 1.17. The minimum absolute atomic E-state index is 0.472. The van der Waals surface area contributed by atoms with Gasteiger partial charge in [-0.15, -0.1) is 0 Å². The van der Waals surface area contributed by atoms with Crippen molar-refractivity contribution in [3.63, 3.8) is 0 Å². The molecule has 0 aliphatic carbocycles. The molecule has 0 spiro atoms. The molecule has 0 fully saturated rings. The molecule has 0 saturated carbocycles. The number of aromatic nitrogens is 3. The first-order valence-electron chi connectivity index (χ1n) is 4.88. The molecular formula is C9H18N4. The van der Waals surface area contributed by atoms with E-state index in [1.54, 1.807) is 6.33 Å². The molecule has 0 radical (unpaired) electrons. The molecule has 1 heterocycles.